The van der Waals surface area contributed by atoms with Crippen LogP contribution >= 0.6 is 7.82 Å². The molecule has 0 amide bonds. The summed E-state index contributed by atoms with van der Waals surface area (Å²) in [5.41, 5.74) is 0. The summed E-state index contributed by atoms with van der Waals surface area (Å²) in [5, 5.41) is 0. The van der Waals surface area contributed by atoms with Gasteiger partial charge in [0.2, 0.25) is 0 Å². The molecule has 9 heteroatoms. The minimum absolute atomic E-state index is 0.205. The lowest BCUT2D eigenvalue weighted by atomic mass is 10.0. The summed E-state index contributed by atoms with van der Waals surface area (Å²) in [6.45, 7) is 3.64. The zero-order chi connectivity index (χ0) is 33.3. The number of hydrogen-bond donors (Lipinski definition) is 2. The quantitative estimate of drug-likeness (QED) is 0.0303. The van der Waals surface area contributed by atoms with Gasteiger partial charge in [0.15, 0.2) is 6.10 Å². The van der Waals surface area contributed by atoms with Crippen molar-refractivity contribution in [2.75, 3.05) is 13.2 Å². The molecule has 0 spiro atoms. The minimum atomic E-state index is -4.74. The SMILES string of the molecule is CCCC/C=C\CCCCCCCC(=O)OC(COC(=O)CCCCCCCCCCCCCCCCCC)COP(=O)(O)O. The first-order valence-corrected chi connectivity index (χ1v) is 20.0. The van der Waals surface area contributed by atoms with Gasteiger partial charge in [0.1, 0.15) is 6.61 Å². The van der Waals surface area contributed by atoms with E-state index in [9.17, 15) is 14.2 Å². The monoisotopic (exact) mass is 660 g/mol. The van der Waals surface area contributed by atoms with Crippen LogP contribution in [0.15, 0.2) is 12.2 Å². The Labute approximate surface area is 276 Å². The smallest absolute Gasteiger partial charge is 0.462 e. The highest BCUT2D eigenvalue weighted by Crippen LogP contribution is 2.36. The number of rotatable bonds is 34. The molecule has 0 aromatic carbocycles. The largest absolute Gasteiger partial charge is 0.469 e. The van der Waals surface area contributed by atoms with Gasteiger partial charge in [-0.15, -0.1) is 0 Å². The van der Waals surface area contributed by atoms with Crippen LogP contribution in [0.2, 0.25) is 0 Å². The zero-order valence-corrected chi connectivity index (χ0v) is 29.9. The Morgan fingerprint density at radius 1 is 0.556 bits per heavy atom. The van der Waals surface area contributed by atoms with Gasteiger partial charge in [0.25, 0.3) is 0 Å². The van der Waals surface area contributed by atoms with Crippen LogP contribution in [0, 0.1) is 0 Å². The summed E-state index contributed by atoms with van der Waals surface area (Å²) in [5.74, 6) is -0.889. The van der Waals surface area contributed by atoms with E-state index in [1.165, 1.54) is 96.3 Å². The molecule has 0 aliphatic heterocycles. The third kappa shape index (κ3) is 35.5. The molecule has 0 bridgehead atoms. The van der Waals surface area contributed by atoms with E-state index in [2.05, 4.69) is 30.5 Å². The molecule has 266 valence electrons. The van der Waals surface area contributed by atoms with Crippen LogP contribution in [0.3, 0.4) is 0 Å². The van der Waals surface area contributed by atoms with Crippen molar-refractivity contribution < 1.29 is 37.9 Å². The number of unbranched alkanes of at least 4 members (excludes halogenated alkanes) is 22. The Hall–Kier alpha value is -1.21. The Morgan fingerprint density at radius 2 is 0.956 bits per heavy atom. The summed E-state index contributed by atoms with van der Waals surface area (Å²) < 4.78 is 26.2. The van der Waals surface area contributed by atoms with Crippen molar-refractivity contribution in [2.24, 2.45) is 0 Å². The van der Waals surface area contributed by atoms with Crippen molar-refractivity contribution in [1.29, 1.82) is 0 Å². The van der Waals surface area contributed by atoms with E-state index in [-0.39, 0.29) is 19.4 Å². The summed E-state index contributed by atoms with van der Waals surface area (Å²) in [6, 6.07) is 0. The molecule has 0 aromatic heterocycles. The van der Waals surface area contributed by atoms with Crippen LogP contribution in [0.1, 0.15) is 187 Å². The van der Waals surface area contributed by atoms with E-state index < -0.39 is 32.5 Å². The Morgan fingerprint density at radius 3 is 1.42 bits per heavy atom. The fourth-order valence-electron chi connectivity index (χ4n) is 5.24. The molecule has 2 N–H and O–H groups in total. The number of carbonyl (C=O) groups is 2. The van der Waals surface area contributed by atoms with Crippen molar-refractivity contribution in [1.82, 2.24) is 0 Å². The molecule has 1 atom stereocenters. The fourth-order valence-corrected chi connectivity index (χ4v) is 5.60. The third-order valence-electron chi connectivity index (χ3n) is 8.03. The second-order valence-electron chi connectivity index (χ2n) is 12.6. The van der Waals surface area contributed by atoms with Crippen LogP contribution < -0.4 is 0 Å². The number of carbonyl (C=O) groups excluding carboxylic acids is 2. The highest BCUT2D eigenvalue weighted by molar-refractivity contribution is 7.46. The summed E-state index contributed by atoms with van der Waals surface area (Å²) in [6.07, 6.45) is 33.6. The predicted molar refractivity (Wildman–Crippen MR) is 184 cm³/mol. The molecular formula is C36H69O8P. The van der Waals surface area contributed by atoms with Crippen molar-refractivity contribution in [3.05, 3.63) is 12.2 Å². The van der Waals surface area contributed by atoms with Crippen molar-refractivity contribution >= 4 is 19.8 Å². The number of esters is 2. The first-order valence-electron chi connectivity index (χ1n) is 18.5. The molecule has 0 fully saturated rings. The molecule has 8 nitrogen and oxygen atoms in total. The number of allylic oxidation sites excluding steroid dienone is 2. The molecule has 0 aliphatic carbocycles. The summed E-state index contributed by atoms with van der Waals surface area (Å²) in [7, 11) is -4.74. The van der Waals surface area contributed by atoms with E-state index in [4.69, 9.17) is 19.3 Å². The summed E-state index contributed by atoms with van der Waals surface area (Å²) in [4.78, 5) is 42.6. The van der Waals surface area contributed by atoms with E-state index in [0.29, 0.717) is 6.42 Å². The lowest BCUT2D eigenvalue weighted by Crippen LogP contribution is -2.29. The van der Waals surface area contributed by atoms with Crippen molar-refractivity contribution in [3.63, 3.8) is 0 Å². The Bertz CT molecular complexity index is 751. The lowest BCUT2D eigenvalue weighted by molar-refractivity contribution is -0.161. The van der Waals surface area contributed by atoms with E-state index in [0.717, 1.165) is 57.8 Å². The average molecular weight is 661 g/mol. The predicted octanol–water partition coefficient (Wildman–Crippen LogP) is 10.7. The van der Waals surface area contributed by atoms with Crippen molar-refractivity contribution in [2.45, 2.75) is 193 Å². The lowest BCUT2D eigenvalue weighted by Gasteiger charge is -2.18. The number of hydrogen-bond acceptors (Lipinski definition) is 6. The maximum Gasteiger partial charge on any atom is 0.469 e. The number of ether oxygens (including phenoxy) is 2. The van der Waals surface area contributed by atoms with Gasteiger partial charge < -0.3 is 19.3 Å². The van der Waals surface area contributed by atoms with E-state index in [1.54, 1.807) is 0 Å². The highest BCUT2D eigenvalue weighted by Gasteiger charge is 2.22. The van der Waals surface area contributed by atoms with E-state index in [1.807, 2.05) is 0 Å². The van der Waals surface area contributed by atoms with Crippen LogP contribution in [-0.2, 0) is 28.2 Å². The van der Waals surface area contributed by atoms with Gasteiger partial charge in [0, 0.05) is 12.8 Å². The maximum atomic E-state index is 12.3. The molecule has 0 saturated heterocycles. The molecule has 45 heavy (non-hydrogen) atoms. The number of phosphoric acid groups is 1. The minimum Gasteiger partial charge on any atom is -0.462 e. The van der Waals surface area contributed by atoms with Gasteiger partial charge in [0.05, 0.1) is 6.61 Å². The molecule has 0 heterocycles. The first kappa shape index (κ1) is 43.8. The van der Waals surface area contributed by atoms with E-state index >= 15 is 0 Å². The second-order valence-corrected chi connectivity index (χ2v) is 13.8. The zero-order valence-electron chi connectivity index (χ0n) is 29.0. The van der Waals surface area contributed by atoms with Gasteiger partial charge in [-0.3, -0.25) is 14.1 Å². The topological polar surface area (TPSA) is 119 Å². The van der Waals surface area contributed by atoms with Gasteiger partial charge in [-0.25, -0.2) is 4.57 Å². The molecule has 0 aliphatic rings. The standard InChI is InChI=1S/C36H69O8P/c1-3-5-7-9-11-13-15-16-17-18-19-21-22-24-26-28-30-35(37)42-32-34(33-43-45(39,40)41)44-36(38)31-29-27-25-23-20-14-12-10-8-6-4-2/h10,12,34H,3-9,11,13-33H2,1-2H3,(H2,39,40,41)/b12-10-. The van der Waals surface area contributed by atoms with Crippen LogP contribution in [-0.4, -0.2) is 41.0 Å². The maximum absolute atomic E-state index is 12.3. The van der Waals surface area contributed by atoms with Crippen LogP contribution in [0.5, 0.6) is 0 Å². The third-order valence-corrected chi connectivity index (χ3v) is 8.52. The molecule has 0 aromatic rings. The molecule has 0 rings (SSSR count). The highest BCUT2D eigenvalue weighted by atomic mass is 31.2. The van der Waals surface area contributed by atoms with Gasteiger partial charge in [-0.2, -0.15) is 0 Å². The fraction of sp³-hybridized carbons (Fsp3) is 0.889. The van der Waals surface area contributed by atoms with Gasteiger partial charge in [-0.05, 0) is 32.1 Å². The molecule has 0 radical (unpaired) electrons. The Balaban J connectivity index is 3.92. The molecule has 0 saturated carbocycles. The van der Waals surface area contributed by atoms with Gasteiger partial charge >= 0.3 is 19.8 Å². The first-order chi connectivity index (χ1) is 21.8. The molecular weight excluding hydrogens is 591 g/mol. The van der Waals surface area contributed by atoms with Crippen LogP contribution in [0.25, 0.3) is 0 Å². The Kier molecular flexibility index (Phi) is 31.8. The average Bonchev–Trinajstić information content (AvgIpc) is 3.00. The van der Waals surface area contributed by atoms with Crippen LogP contribution in [0.4, 0.5) is 0 Å². The van der Waals surface area contributed by atoms with Gasteiger partial charge in [-0.1, -0.05) is 154 Å². The second kappa shape index (κ2) is 32.7. The molecule has 1 unspecified atom stereocenters. The summed E-state index contributed by atoms with van der Waals surface area (Å²) >= 11 is 0. The van der Waals surface area contributed by atoms with Crippen molar-refractivity contribution in [3.8, 4) is 0 Å². The normalized spacial score (nSPS) is 12.5. The number of phosphoric ester groups is 1.